The maximum Gasteiger partial charge on any atom is 0.154 e. The fraction of sp³-hybridized carbons (Fsp3) is 0.455. The molecule has 1 heterocycles. The number of aliphatic hydroxyl groups is 1. The average molecular weight is 257 g/mol. The van der Waals surface area contributed by atoms with Crippen LogP contribution in [0.1, 0.15) is 5.56 Å². The number of rotatable bonds is 3. The van der Waals surface area contributed by atoms with Gasteiger partial charge in [0.25, 0.3) is 0 Å². The molecule has 0 aliphatic carbocycles. The van der Waals surface area contributed by atoms with Crippen LogP contribution >= 0.6 is 0 Å². The predicted octanol–water partition coefficient (Wildman–Crippen LogP) is -0.360. The summed E-state index contributed by atoms with van der Waals surface area (Å²) < 4.78 is 22.5. The fourth-order valence-corrected chi connectivity index (χ4v) is 3.66. The molecule has 2 unspecified atom stereocenters. The molecule has 1 aliphatic rings. The van der Waals surface area contributed by atoms with E-state index >= 15 is 0 Å². The molecular formula is C11H15NO4S. The minimum atomic E-state index is -3.11. The van der Waals surface area contributed by atoms with Crippen LogP contribution in [0.4, 0.5) is 0 Å². The van der Waals surface area contributed by atoms with Crippen molar-refractivity contribution >= 4 is 9.84 Å². The van der Waals surface area contributed by atoms with Crippen LogP contribution in [0.5, 0.6) is 5.75 Å². The molecule has 2 rings (SSSR count). The van der Waals surface area contributed by atoms with Crippen molar-refractivity contribution in [1.29, 1.82) is 0 Å². The Balaban J connectivity index is 1.93. The van der Waals surface area contributed by atoms with Gasteiger partial charge in [-0.25, -0.2) is 8.42 Å². The minimum Gasteiger partial charge on any atom is -0.508 e. The van der Waals surface area contributed by atoms with Crippen LogP contribution in [0.25, 0.3) is 0 Å². The van der Waals surface area contributed by atoms with E-state index in [2.05, 4.69) is 5.32 Å². The number of phenols is 1. The zero-order valence-corrected chi connectivity index (χ0v) is 10.0. The molecule has 17 heavy (non-hydrogen) atoms. The first kappa shape index (κ1) is 12.3. The summed E-state index contributed by atoms with van der Waals surface area (Å²) in [6.45, 7) is 0.470. The van der Waals surface area contributed by atoms with E-state index in [1.165, 1.54) is 0 Å². The topological polar surface area (TPSA) is 86.6 Å². The average Bonchev–Trinajstić information content (AvgIpc) is 2.51. The van der Waals surface area contributed by atoms with Crippen molar-refractivity contribution < 1.29 is 18.6 Å². The van der Waals surface area contributed by atoms with E-state index in [0.29, 0.717) is 6.54 Å². The molecule has 6 heteroatoms. The molecule has 0 bridgehead atoms. The van der Waals surface area contributed by atoms with Gasteiger partial charge in [0.1, 0.15) is 5.75 Å². The molecule has 0 aromatic heterocycles. The lowest BCUT2D eigenvalue weighted by Crippen LogP contribution is -2.38. The molecule has 5 nitrogen and oxygen atoms in total. The summed E-state index contributed by atoms with van der Waals surface area (Å²) in [5.74, 6) is 0.00388. The molecule has 94 valence electrons. The Morgan fingerprint density at radius 1 is 1.24 bits per heavy atom. The van der Waals surface area contributed by atoms with Gasteiger partial charge in [0.2, 0.25) is 0 Å². The van der Waals surface area contributed by atoms with E-state index in [-0.39, 0.29) is 17.3 Å². The first-order valence-corrected chi connectivity index (χ1v) is 7.18. The third-order valence-corrected chi connectivity index (χ3v) is 4.54. The van der Waals surface area contributed by atoms with Crippen molar-refractivity contribution in [2.45, 2.75) is 18.7 Å². The lowest BCUT2D eigenvalue weighted by molar-refractivity contribution is 0.165. The Bertz CT molecular complexity index is 483. The molecular weight excluding hydrogens is 242 g/mol. The first-order chi connectivity index (χ1) is 7.96. The molecule has 1 aliphatic heterocycles. The predicted molar refractivity (Wildman–Crippen MR) is 63.4 cm³/mol. The molecule has 3 N–H and O–H groups in total. The van der Waals surface area contributed by atoms with Crippen molar-refractivity contribution in [1.82, 2.24) is 5.32 Å². The second-order valence-corrected chi connectivity index (χ2v) is 6.45. The number of aromatic hydroxyl groups is 1. The van der Waals surface area contributed by atoms with Crippen LogP contribution in [-0.4, -0.2) is 42.3 Å². The minimum absolute atomic E-state index is 0.0216. The third-order valence-electron chi connectivity index (χ3n) is 2.83. The van der Waals surface area contributed by atoms with E-state index in [4.69, 9.17) is 5.11 Å². The van der Waals surface area contributed by atoms with Gasteiger partial charge in [-0.15, -0.1) is 0 Å². The van der Waals surface area contributed by atoms with Crippen LogP contribution in [0.15, 0.2) is 24.3 Å². The Kier molecular flexibility index (Phi) is 3.37. The molecule has 0 saturated carbocycles. The van der Waals surface area contributed by atoms with Crippen molar-refractivity contribution in [3.05, 3.63) is 29.8 Å². The van der Waals surface area contributed by atoms with Gasteiger partial charge in [-0.1, -0.05) is 12.1 Å². The zero-order chi connectivity index (χ0) is 12.5. The van der Waals surface area contributed by atoms with Crippen LogP contribution in [0.2, 0.25) is 0 Å². The van der Waals surface area contributed by atoms with Crippen LogP contribution in [0, 0.1) is 0 Å². The monoisotopic (exact) mass is 257 g/mol. The van der Waals surface area contributed by atoms with Crippen LogP contribution in [-0.2, 0) is 16.4 Å². The third kappa shape index (κ3) is 3.18. The van der Waals surface area contributed by atoms with Gasteiger partial charge >= 0.3 is 0 Å². The highest BCUT2D eigenvalue weighted by Gasteiger charge is 2.35. The standard InChI is InChI=1S/C11H15NO4S/c13-9-3-1-8(2-4-9)5-12-10-6-17(15,16)7-11(10)14/h1-4,10-14H,5-7H2. The van der Waals surface area contributed by atoms with E-state index in [9.17, 15) is 13.5 Å². The van der Waals surface area contributed by atoms with Crippen molar-refractivity contribution in [2.24, 2.45) is 0 Å². The Labute approximate surface area is 100 Å². The first-order valence-electron chi connectivity index (χ1n) is 5.36. The highest BCUT2D eigenvalue weighted by Crippen LogP contribution is 2.14. The fourth-order valence-electron chi connectivity index (χ4n) is 1.89. The number of aliphatic hydroxyl groups excluding tert-OH is 1. The number of hydrogen-bond acceptors (Lipinski definition) is 5. The molecule has 1 fully saturated rings. The number of sulfone groups is 1. The SMILES string of the molecule is O=S1(=O)CC(O)C(NCc2ccc(O)cc2)C1. The molecule has 1 saturated heterocycles. The Morgan fingerprint density at radius 2 is 1.88 bits per heavy atom. The summed E-state index contributed by atoms with van der Waals surface area (Å²) >= 11 is 0. The largest absolute Gasteiger partial charge is 0.508 e. The summed E-state index contributed by atoms with van der Waals surface area (Å²) in [4.78, 5) is 0. The highest BCUT2D eigenvalue weighted by molar-refractivity contribution is 7.91. The van der Waals surface area contributed by atoms with Crippen LogP contribution in [0.3, 0.4) is 0 Å². The lowest BCUT2D eigenvalue weighted by atomic mass is 10.1. The smallest absolute Gasteiger partial charge is 0.154 e. The van der Waals surface area contributed by atoms with Crippen molar-refractivity contribution in [3.63, 3.8) is 0 Å². The van der Waals surface area contributed by atoms with Crippen LogP contribution < -0.4 is 5.32 Å². The van der Waals surface area contributed by atoms with Gasteiger partial charge in [-0.2, -0.15) is 0 Å². The van der Waals surface area contributed by atoms with E-state index < -0.39 is 22.0 Å². The van der Waals surface area contributed by atoms with Gasteiger partial charge in [0.15, 0.2) is 9.84 Å². The van der Waals surface area contributed by atoms with Crippen molar-refractivity contribution in [2.75, 3.05) is 11.5 Å². The zero-order valence-electron chi connectivity index (χ0n) is 9.20. The summed E-state index contributed by atoms with van der Waals surface area (Å²) in [6, 6.07) is 6.22. The number of nitrogens with one attached hydrogen (secondary N) is 1. The van der Waals surface area contributed by atoms with E-state index in [0.717, 1.165) is 5.56 Å². The van der Waals surface area contributed by atoms with Gasteiger partial charge in [0, 0.05) is 12.6 Å². The molecule has 0 amide bonds. The Morgan fingerprint density at radius 3 is 2.41 bits per heavy atom. The summed E-state index contributed by atoms with van der Waals surface area (Å²) in [7, 11) is -3.11. The maximum atomic E-state index is 11.3. The van der Waals surface area contributed by atoms with Gasteiger partial charge in [-0.3, -0.25) is 0 Å². The number of hydrogen-bond donors (Lipinski definition) is 3. The number of benzene rings is 1. The quantitative estimate of drug-likeness (QED) is 0.688. The van der Waals surface area contributed by atoms with E-state index in [1.807, 2.05) is 0 Å². The summed E-state index contributed by atoms with van der Waals surface area (Å²) in [5.41, 5.74) is 0.930. The van der Waals surface area contributed by atoms with Gasteiger partial charge in [-0.05, 0) is 17.7 Å². The molecule has 0 radical (unpaired) electrons. The second-order valence-electron chi connectivity index (χ2n) is 4.30. The molecule has 0 spiro atoms. The van der Waals surface area contributed by atoms with E-state index in [1.54, 1.807) is 24.3 Å². The maximum absolute atomic E-state index is 11.3. The summed E-state index contributed by atoms with van der Waals surface area (Å²) in [5, 5.41) is 21.7. The molecule has 1 aromatic carbocycles. The number of phenolic OH excluding ortho intramolecular Hbond substituents is 1. The lowest BCUT2D eigenvalue weighted by Gasteiger charge is -2.14. The van der Waals surface area contributed by atoms with Gasteiger partial charge < -0.3 is 15.5 Å². The molecule has 1 aromatic rings. The normalized spacial score (nSPS) is 27.1. The Hall–Kier alpha value is -1.11. The molecule has 2 atom stereocenters. The summed E-state index contributed by atoms with van der Waals surface area (Å²) in [6.07, 6.45) is -0.836. The second kappa shape index (κ2) is 4.64. The van der Waals surface area contributed by atoms with Crippen molar-refractivity contribution in [3.8, 4) is 5.75 Å². The highest BCUT2D eigenvalue weighted by atomic mass is 32.2. The van der Waals surface area contributed by atoms with Gasteiger partial charge in [0.05, 0.1) is 17.6 Å².